The van der Waals surface area contributed by atoms with Crippen molar-refractivity contribution in [2.75, 3.05) is 30.3 Å². The molecule has 8 heteroatoms. The molecule has 5 rings (SSSR count). The molecule has 200 valence electrons. The zero-order chi connectivity index (χ0) is 27.2. The quantitative estimate of drug-likeness (QED) is 0.288. The zero-order valence-corrected chi connectivity index (χ0v) is 22.8. The fourth-order valence-corrected chi connectivity index (χ4v) is 5.17. The topological polar surface area (TPSA) is 95.9 Å². The first kappa shape index (κ1) is 26.4. The van der Waals surface area contributed by atoms with Gasteiger partial charge in [0.15, 0.2) is 0 Å². The molecule has 0 aliphatic carbocycles. The Morgan fingerprint density at radius 2 is 1.97 bits per heavy atom. The molecule has 4 aromatic rings. The SMILES string of the molecule is CCCN1CCCC(c2cc(C)cc(C(=O)Nc3cnc(C)c(Nc4nccc(-c5cccnc5)n4)c3)c2)C1. The number of hydrogen-bond acceptors (Lipinski definition) is 7. The van der Waals surface area contributed by atoms with E-state index >= 15 is 0 Å². The lowest BCUT2D eigenvalue weighted by atomic mass is 9.88. The monoisotopic (exact) mass is 521 g/mol. The number of hydrogen-bond donors (Lipinski definition) is 2. The number of nitrogens with zero attached hydrogens (tertiary/aromatic N) is 5. The largest absolute Gasteiger partial charge is 0.322 e. The second kappa shape index (κ2) is 12.1. The summed E-state index contributed by atoms with van der Waals surface area (Å²) in [6.07, 6.45) is 10.4. The number of likely N-dealkylation sites (tertiary alicyclic amines) is 1. The van der Waals surface area contributed by atoms with Crippen molar-refractivity contribution in [3.8, 4) is 11.3 Å². The third-order valence-corrected chi connectivity index (χ3v) is 7.08. The maximum absolute atomic E-state index is 13.3. The molecule has 8 nitrogen and oxygen atoms in total. The van der Waals surface area contributed by atoms with Crippen LogP contribution in [0.15, 0.2) is 67.3 Å². The van der Waals surface area contributed by atoms with E-state index < -0.39 is 0 Å². The van der Waals surface area contributed by atoms with E-state index in [1.54, 1.807) is 24.8 Å². The fraction of sp³-hybridized carbons (Fsp3) is 0.323. The Bertz CT molecular complexity index is 1440. The molecule has 0 bridgehead atoms. The van der Waals surface area contributed by atoms with Crippen molar-refractivity contribution in [2.45, 2.75) is 46.0 Å². The first-order valence-corrected chi connectivity index (χ1v) is 13.6. The predicted molar refractivity (Wildman–Crippen MR) is 155 cm³/mol. The van der Waals surface area contributed by atoms with E-state index in [4.69, 9.17) is 0 Å². The Labute approximate surface area is 230 Å². The van der Waals surface area contributed by atoms with E-state index in [0.29, 0.717) is 23.1 Å². The van der Waals surface area contributed by atoms with E-state index in [2.05, 4.69) is 61.4 Å². The van der Waals surface area contributed by atoms with Crippen LogP contribution in [0.3, 0.4) is 0 Å². The average Bonchev–Trinajstić information content (AvgIpc) is 2.95. The zero-order valence-electron chi connectivity index (χ0n) is 22.8. The molecule has 1 unspecified atom stereocenters. The highest BCUT2D eigenvalue weighted by Crippen LogP contribution is 2.29. The van der Waals surface area contributed by atoms with E-state index in [-0.39, 0.29) is 5.91 Å². The number of pyridine rings is 2. The lowest BCUT2D eigenvalue weighted by Gasteiger charge is -2.33. The van der Waals surface area contributed by atoms with Crippen LogP contribution in [0.5, 0.6) is 0 Å². The summed E-state index contributed by atoms with van der Waals surface area (Å²) in [6, 6.07) is 13.8. The molecule has 39 heavy (non-hydrogen) atoms. The standard InChI is InChI=1S/C31H35N7O/c1-4-12-38-13-6-8-24(20-38)25-14-21(2)15-26(16-25)30(39)35-27-17-29(22(3)34-19-27)37-31-33-11-9-28(36-31)23-7-5-10-32-18-23/h5,7,9-11,14-19,24H,4,6,8,12-13,20H2,1-3H3,(H,35,39)(H,33,36,37). The molecule has 3 aromatic heterocycles. The van der Waals surface area contributed by atoms with Gasteiger partial charge in [-0.2, -0.15) is 0 Å². The van der Waals surface area contributed by atoms with Crippen LogP contribution < -0.4 is 10.6 Å². The van der Waals surface area contributed by atoms with Gasteiger partial charge in [-0.3, -0.25) is 14.8 Å². The van der Waals surface area contributed by atoms with Crippen molar-refractivity contribution >= 4 is 23.2 Å². The second-order valence-electron chi connectivity index (χ2n) is 10.2. The molecule has 1 aliphatic rings. The number of aryl methyl sites for hydroxylation is 2. The van der Waals surface area contributed by atoms with Gasteiger partial charge in [-0.05, 0) is 94.1 Å². The van der Waals surface area contributed by atoms with E-state index in [1.165, 1.54) is 18.5 Å². The molecule has 1 aromatic carbocycles. The van der Waals surface area contributed by atoms with Crippen molar-refractivity contribution in [3.05, 3.63) is 89.6 Å². The molecule has 1 fully saturated rings. The minimum atomic E-state index is -0.146. The molecule has 0 radical (unpaired) electrons. The Kier molecular flexibility index (Phi) is 8.22. The van der Waals surface area contributed by atoms with Gasteiger partial charge in [0.1, 0.15) is 0 Å². The predicted octanol–water partition coefficient (Wildman–Crippen LogP) is 6.14. The molecule has 1 amide bonds. The van der Waals surface area contributed by atoms with E-state index in [0.717, 1.165) is 54.1 Å². The number of nitrogens with one attached hydrogen (secondary N) is 2. The molecule has 1 aliphatic heterocycles. The Morgan fingerprint density at radius 3 is 2.79 bits per heavy atom. The molecule has 1 atom stereocenters. The molecular formula is C31H35N7O. The molecule has 4 heterocycles. The van der Waals surface area contributed by atoms with Crippen LogP contribution in [0.2, 0.25) is 0 Å². The number of piperidine rings is 1. The number of benzene rings is 1. The number of rotatable bonds is 8. The van der Waals surface area contributed by atoms with Gasteiger partial charge in [0.05, 0.1) is 29.0 Å². The maximum Gasteiger partial charge on any atom is 0.255 e. The highest BCUT2D eigenvalue weighted by Gasteiger charge is 2.22. The van der Waals surface area contributed by atoms with Crippen LogP contribution in [-0.2, 0) is 0 Å². The molecular weight excluding hydrogens is 486 g/mol. The lowest BCUT2D eigenvalue weighted by Crippen LogP contribution is -2.34. The van der Waals surface area contributed by atoms with Crippen molar-refractivity contribution in [1.82, 2.24) is 24.8 Å². The number of carbonyl (C=O) groups is 1. The van der Waals surface area contributed by atoms with Gasteiger partial charge in [-0.1, -0.05) is 18.6 Å². The van der Waals surface area contributed by atoms with Crippen LogP contribution >= 0.6 is 0 Å². The number of anilines is 3. The lowest BCUT2D eigenvalue weighted by molar-refractivity contribution is 0.102. The number of aromatic nitrogens is 4. The van der Waals surface area contributed by atoms with Crippen LogP contribution in [0.25, 0.3) is 11.3 Å². The minimum absolute atomic E-state index is 0.146. The summed E-state index contributed by atoms with van der Waals surface area (Å²) in [5.41, 5.74) is 6.78. The Hall–Kier alpha value is -4.17. The fourth-order valence-electron chi connectivity index (χ4n) is 5.17. The normalized spacial score (nSPS) is 15.6. The summed E-state index contributed by atoms with van der Waals surface area (Å²) < 4.78 is 0. The summed E-state index contributed by atoms with van der Waals surface area (Å²) in [5.74, 6) is 0.751. The van der Waals surface area contributed by atoms with Crippen molar-refractivity contribution in [2.24, 2.45) is 0 Å². The van der Waals surface area contributed by atoms with Crippen LogP contribution in [0, 0.1) is 13.8 Å². The van der Waals surface area contributed by atoms with Crippen LogP contribution in [0.4, 0.5) is 17.3 Å². The van der Waals surface area contributed by atoms with Crippen LogP contribution in [-0.4, -0.2) is 50.4 Å². The second-order valence-corrected chi connectivity index (χ2v) is 10.2. The average molecular weight is 522 g/mol. The third kappa shape index (κ3) is 6.64. The maximum atomic E-state index is 13.3. The molecule has 0 saturated carbocycles. The highest BCUT2D eigenvalue weighted by molar-refractivity contribution is 6.04. The first-order chi connectivity index (χ1) is 19.0. The Morgan fingerprint density at radius 1 is 1.08 bits per heavy atom. The number of carbonyl (C=O) groups excluding carboxylic acids is 1. The van der Waals surface area contributed by atoms with Gasteiger partial charge in [0.2, 0.25) is 5.95 Å². The van der Waals surface area contributed by atoms with Gasteiger partial charge in [0.25, 0.3) is 5.91 Å². The van der Waals surface area contributed by atoms with Crippen LogP contribution in [0.1, 0.15) is 59.3 Å². The van der Waals surface area contributed by atoms with Gasteiger partial charge in [0, 0.05) is 36.3 Å². The smallest absolute Gasteiger partial charge is 0.255 e. The number of amides is 1. The van der Waals surface area contributed by atoms with Gasteiger partial charge < -0.3 is 15.5 Å². The van der Waals surface area contributed by atoms with E-state index in [1.807, 2.05) is 37.3 Å². The Balaban J connectivity index is 1.31. The molecule has 2 N–H and O–H groups in total. The van der Waals surface area contributed by atoms with Crippen molar-refractivity contribution in [3.63, 3.8) is 0 Å². The third-order valence-electron chi connectivity index (χ3n) is 7.08. The highest BCUT2D eigenvalue weighted by atomic mass is 16.1. The summed E-state index contributed by atoms with van der Waals surface area (Å²) in [6.45, 7) is 9.54. The summed E-state index contributed by atoms with van der Waals surface area (Å²) in [7, 11) is 0. The summed E-state index contributed by atoms with van der Waals surface area (Å²) in [4.78, 5) is 33.5. The first-order valence-electron chi connectivity index (χ1n) is 13.6. The summed E-state index contributed by atoms with van der Waals surface area (Å²) in [5, 5.41) is 6.28. The van der Waals surface area contributed by atoms with Crippen molar-refractivity contribution in [1.29, 1.82) is 0 Å². The molecule has 0 spiro atoms. The summed E-state index contributed by atoms with van der Waals surface area (Å²) >= 11 is 0. The molecule has 1 saturated heterocycles. The minimum Gasteiger partial charge on any atom is -0.322 e. The van der Waals surface area contributed by atoms with Gasteiger partial charge in [-0.15, -0.1) is 0 Å². The van der Waals surface area contributed by atoms with Crippen molar-refractivity contribution < 1.29 is 4.79 Å². The van der Waals surface area contributed by atoms with E-state index in [9.17, 15) is 4.79 Å². The van der Waals surface area contributed by atoms with Gasteiger partial charge in [-0.25, -0.2) is 9.97 Å². The van der Waals surface area contributed by atoms with Gasteiger partial charge >= 0.3 is 0 Å².